The van der Waals surface area contributed by atoms with Gasteiger partial charge in [0.25, 0.3) is 5.91 Å². The Morgan fingerprint density at radius 1 is 1.21 bits per heavy atom. The van der Waals surface area contributed by atoms with Crippen LogP contribution in [0.5, 0.6) is 0 Å². The first-order valence-corrected chi connectivity index (χ1v) is 11.8. The topological polar surface area (TPSA) is 123 Å². The molecule has 0 aliphatic carbocycles. The predicted octanol–water partition coefficient (Wildman–Crippen LogP) is 3.01. The molecule has 0 unspecified atom stereocenters. The average molecular weight is 474 g/mol. The summed E-state index contributed by atoms with van der Waals surface area (Å²) < 4.78 is 43.6. The second-order valence-corrected chi connectivity index (χ2v) is 10.9. The number of pyridine rings is 1. The number of rotatable bonds is 4. The number of fused-ring (bicyclic) bond motifs is 1. The number of tetrazole rings is 1. The van der Waals surface area contributed by atoms with Crippen LogP contribution >= 0.6 is 0 Å². The van der Waals surface area contributed by atoms with Crippen LogP contribution in [0.1, 0.15) is 56.6 Å². The Morgan fingerprint density at radius 2 is 1.94 bits per heavy atom. The van der Waals surface area contributed by atoms with Gasteiger partial charge in [-0.25, -0.2) is 22.5 Å². The van der Waals surface area contributed by atoms with Gasteiger partial charge in [0.05, 0.1) is 16.5 Å². The van der Waals surface area contributed by atoms with Gasteiger partial charge in [0.1, 0.15) is 17.3 Å². The number of amides is 1. The summed E-state index contributed by atoms with van der Waals surface area (Å²) in [5.41, 5.74) is -0.330. The number of carbonyl (C=O) groups is 1. The van der Waals surface area contributed by atoms with Gasteiger partial charge < -0.3 is 5.32 Å². The van der Waals surface area contributed by atoms with Crippen molar-refractivity contribution < 1.29 is 17.6 Å². The van der Waals surface area contributed by atoms with Crippen LogP contribution in [0.4, 0.5) is 10.2 Å². The standard InChI is InChI=1S/C21H24FN7O3S/c1-12(2)29-19(25-26-27-29)16-7-6-8-18(23-16)24-20(30)14-10-17-13(9-15(14)22)11-28(21(3,4)5)33(17,31)32/h6-10,12H,11H2,1-5H3,(H,23,24,30). The third kappa shape index (κ3) is 4.11. The second kappa shape index (κ2) is 7.96. The molecule has 3 heterocycles. The zero-order chi connectivity index (χ0) is 24.1. The molecule has 33 heavy (non-hydrogen) atoms. The number of nitrogens with zero attached hydrogens (tertiary/aromatic N) is 6. The number of halogens is 1. The van der Waals surface area contributed by atoms with Crippen molar-refractivity contribution in [2.75, 3.05) is 5.32 Å². The van der Waals surface area contributed by atoms with Gasteiger partial charge in [-0.05, 0) is 74.9 Å². The third-order valence-corrected chi connectivity index (χ3v) is 7.42. The number of sulfonamides is 1. The van der Waals surface area contributed by atoms with Crippen molar-refractivity contribution in [3.63, 3.8) is 0 Å². The number of nitrogens with one attached hydrogen (secondary N) is 1. The van der Waals surface area contributed by atoms with Crippen LogP contribution in [0.15, 0.2) is 35.2 Å². The van der Waals surface area contributed by atoms with Gasteiger partial charge >= 0.3 is 0 Å². The SMILES string of the molecule is CC(C)n1nnnc1-c1cccc(NC(=O)c2cc3c(cc2F)CN(C(C)(C)C)S3(=O)=O)n1. The van der Waals surface area contributed by atoms with E-state index in [4.69, 9.17) is 0 Å². The molecule has 2 aromatic heterocycles. The minimum Gasteiger partial charge on any atom is -0.306 e. The molecule has 4 rings (SSSR count). The predicted molar refractivity (Wildman–Crippen MR) is 118 cm³/mol. The zero-order valence-electron chi connectivity index (χ0n) is 18.9. The monoisotopic (exact) mass is 473 g/mol. The molecule has 1 N–H and O–H groups in total. The van der Waals surface area contributed by atoms with Crippen LogP contribution < -0.4 is 5.32 Å². The second-order valence-electron chi connectivity index (χ2n) is 9.03. The van der Waals surface area contributed by atoms with Gasteiger partial charge in [-0.15, -0.1) is 5.10 Å². The first-order valence-electron chi connectivity index (χ1n) is 10.3. The molecule has 0 atom stereocenters. The summed E-state index contributed by atoms with van der Waals surface area (Å²) in [6.07, 6.45) is 0. The maximum atomic E-state index is 14.8. The molecule has 1 amide bonds. The molecule has 3 aromatic rings. The lowest BCUT2D eigenvalue weighted by atomic mass is 10.1. The molecule has 174 valence electrons. The van der Waals surface area contributed by atoms with Crippen LogP contribution in [-0.4, -0.2) is 49.4 Å². The molecule has 0 fully saturated rings. The van der Waals surface area contributed by atoms with Crippen LogP contribution in [-0.2, 0) is 16.6 Å². The van der Waals surface area contributed by atoms with E-state index in [1.165, 1.54) is 10.4 Å². The molecule has 1 aliphatic rings. The van der Waals surface area contributed by atoms with E-state index in [1.807, 2.05) is 13.8 Å². The van der Waals surface area contributed by atoms with Crippen molar-refractivity contribution in [1.29, 1.82) is 0 Å². The molecule has 0 radical (unpaired) electrons. The zero-order valence-corrected chi connectivity index (χ0v) is 19.7. The highest BCUT2D eigenvalue weighted by atomic mass is 32.2. The van der Waals surface area contributed by atoms with E-state index >= 15 is 0 Å². The number of anilines is 1. The number of carbonyl (C=O) groups excluding carboxylic acids is 1. The molecule has 1 aliphatic heterocycles. The number of aromatic nitrogens is 5. The molecule has 12 heteroatoms. The largest absolute Gasteiger partial charge is 0.306 e. The van der Waals surface area contributed by atoms with E-state index in [0.29, 0.717) is 17.1 Å². The quantitative estimate of drug-likeness (QED) is 0.618. The number of hydrogen-bond donors (Lipinski definition) is 1. The van der Waals surface area contributed by atoms with E-state index in [2.05, 4.69) is 25.8 Å². The Morgan fingerprint density at radius 3 is 2.61 bits per heavy atom. The highest BCUT2D eigenvalue weighted by Crippen LogP contribution is 2.37. The van der Waals surface area contributed by atoms with Crippen molar-refractivity contribution >= 4 is 21.7 Å². The number of benzene rings is 1. The Kier molecular flexibility index (Phi) is 5.53. The maximum Gasteiger partial charge on any atom is 0.259 e. The first kappa shape index (κ1) is 22.9. The summed E-state index contributed by atoms with van der Waals surface area (Å²) >= 11 is 0. The number of hydrogen-bond acceptors (Lipinski definition) is 7. The fourth-order valence-electron chi connectivity index (χ4n) is 3.61. The lowest BCUT2D eigenvalue weighted by Gasteiger charge is -2.29. The summed E-state index contributed by atoms with van der Waals surface area (Å²) in [4.78, 5) is 17.1. The summed E-state index contributed by atoms with van der Waals surface area (Å²) in [6.45, 7) is 9.15. The highest BCUT2D eigenvalue weighted by Gasteiger charge is 2.42. The molecule has 0 bridgehead atoms. The third-order valence-electron chi connectivity index (χ3n) is 5.23. The van der Waals surface area contributed by atoms with Gasteiger partial charge in [-0.3, -0.25) is 4.79 Å². The van der Waals surface area contributed by atoms with Gasteiger partial charge in [0, 0.05) is 12.1 Å². The highest BCUT2D eigenvalue weighted by molar-refractivity contribution is 7.89. The van der Waals surface area contributed by atoms with Crippen molar-refractivity contribution in [2.24, 2.45) is 0 Å². The normalized spacial score (nSPS) is 15.6. The molecule has 1 aromatic carbocycles. The Hall–Kier alpha value is -3.25. The van der Waals surface area contributed by atoms with Crippen molar-refractivity contribution in [3.8, 4) is 11.5 Å². The maximum absolute atomic E-state index is 14.8. The van der Waals surface area contributed by atoms with Gasteiger partial charge in [0.2, 0.25) is 15.8 Å². The fourth-order valence-corrected chi connectivity index (χ4v) is 5.60. The van der Waals surface area contributed by atoms with Crippen molar-refractivity contribution in [2.45, 2.75) is 57.6 Å². The van der Waals surface area contributed by atoms with Gasteiger partial charge in [-0.1, -0.05) is 6.07 Å². The Labute approximate surface area is 190 Å². The minimum absolute atomic E-state index is 0.00910. The van der Waals surface area contributed by atoms with Gasteiger partial charge in [0.15, 0.2) is 0 Å². The summed E-state index contributed by atoms with van der Waals surface area (Å²) in [7, 11) is -3.85. The Bertz CT molecular complexity index is 1350. The van der Waals surface area contributed by atoms with E-state index in [0.717, 1.165) is 12.1 Å². The average Bonchev–Trinajstić information content (AvgIpc) is 3.30. The molecule has 0 saturated heterocycles. The molecule has 0 spiro atoms. The lowest BCUT2D eigenvalue weighted by molar-refractivity contribution is 0.102. The van der Waals surface area contributed by atoms with Gasteiger partial charge in [-0.2, -0.15) is 4.31 Å². The van der Waals surface area contributed by atoms with Crippen LogP contribution in [0, 0.1) is 5.82 Å². The minimum atomic E-state index is -3.85. The summed E-state index contributed by atoms with van der Waals surface area (Å²) in [6, 6.07) is 7.06. The summed E-state index contributed by atoms with van der Waals surface area (Å²) in [5.74, 6) is -1.06. The first-order chi connectivity index (χ1) is 15.4. The van der Waals surface area contributed by atoms with E-state index in [9.17, 15) is 17.6 Å². The van der Waals surface area contributed by atoms with Crippen LogP contribution in [0.2, 0.25) is 0 Å². The van der Waals surface area contributed by atoms with Crippen molar-refractivity contribution in [1.82, 2.24) is 29.5 Å². The van der Waals surface area contributed by atoms with E-state index in [-0.39, 0.29) is 28.9 Å². The fraction of sp³-hybridized carbons (Fsp3) is 0.381. The molecule has 0 saturated carbocycles. The van der Waals surface area contributed by atoms with Crippen LogP contribution in [0.25, 0.3) is 11.5 Å². The van der Waals surface area contributed by atoms with E-state index < -0.39 is 27.3 Å². The van der Waals surface area contributed by atoms with Crippen LogP contribution in [0.3, 0.4) is 0 Å². The Balaban J connectivity index is 1.65. The molecular formula is C21H24FN7O3S. The summed E-state index contributed by atoms with van der Waals surface area (Å²) in [5, 5.41) is 14.1. The van der Waals surface area contributed by atoms with E-state index in [1.54, 1.807) is 37.6 Å². The lowest BCUT2D eigenvalue weighted by Crippen LogP contribution is -2.41. The molecule has 10 nitrogen and oxygen atoms in total. The smallest absolute Gasteiger partial charge is 0.259 e. The molecular weight excluding hydrogens is 449 g/mol. The van der Waals surface area contributed by atoms with Crippen molar-refractivity contribution in [3.05, 3.63) is 47.3 Å².